The quantitative estimate of drug-likeness (QED) is 0.0261. The Labute approximate surface area is 470 Å². The largest absolute Gasteiger partial charge is 0.462 e. The molecule has 0 amide bonds. The Balaban J connectivity index is 4.16. The van der Waals surface area contributed by atoms with E-state index >= 15 is 0 Å². The highest BCUT2D eigenvalue weighted by molar-refractivity contribution is 5.71. The highest BCUT2D eigenvalue weighted by Gasteiger charge is 2.19. The third kappa shape index (κ3) is 60.9. The highest BCUT2D eigenvalue weighted by Crippen LogP contribution is 2.16. The van der Waals surface area contributed by atoms with Crippen LogP contribution in [-0.4, -0.2) is 37.2 Å². The summed E-state index contributed by atoms with van der Waals surface area (Å²) >= 11 is 0. The van der Waals surface area contributed by atoms with Crippen LogP contribution in [0.1, 0.15) is 297 Å². The average Bonchev–Trinajstić information content (AvgIpc) is 3.42. The number of hydrogen-bond donors (Lipinski definition) is 0. The first-order valence-electron chi connectivity index (χ1n) is 31.9. The van der Waals surface area contributed by atoms with E-state index in [9.17, 15) is 14.4 Å². The summed E-state index contributed by atoms with van der Waals surface area (Å²) in [6, 6.07) is 0. The monoisotopic (exact) mass is 1050 g/mol. The molecule has 0 aromatic carbocycles. The van der Waals surface area contributed by atoms with E-state index in [1.165, 1.54) is 116 Å². The van der Waals surface area contributed by atoms with Gasteiger partial charge in [-0.1, -0.05) is 271 Å². The maximum absolute atomic E-state index is 12.9. The van der Waals surface area contributed by atoms with E-state index in [0.29, 0.717) is 19.3 Å². The number of esters is 3. The van der Waals surface area contributed by atoms with Crippen molar-refractivity contribution >= 4 is 17.9 Å². The number of hydrogen-bond acceptors (Lipinski definition) is 6. The fraction of sp³-hybridized carbons (Fsp3) is 0.700. The van der Waals surface area contributed by atoms with Gasteiger partial charge in [0.05, 0.1) is 0 Å². The topological polar surface area (TPSA) is 78.9 Å². The molecule has 0 spiro atoms. The zero-order chi connectivity index (χ0) is 55.0. The molecule has 0 aliphatic rings. The standard InChI is InChI=1S/C70H118O6/c1-4-7-10-13-16-19-22-24-26-28-29-30-31-32-33-34-35-36-37-38-39-40-41-43-44-46-48-51-54-57-60-63-69(72)75-66-67(65-74-68(71)62-59-56-53-50-21-18-15-12-9-6-3)76-70(73)64-61-58-55-52-49-47-45-42-27-25-23-20-17-14-11-8-5-2/h7-8,10-12,15-17,19-20,24-27,29-30,45,47,67H,4-6,9,13-14,18,21-23,28,31-44,46,48-66H2,1-3H3/b10-7-,11-8-,15-12-,19-16-,20-17-,26-24-,27-25-,30-29-,47-45-. The predicted molar refractivity (Wildman–Crippen MR) is 330 cm³/mol. The second kappa shape index (κ2) is 63.6. The SMILES string of the molecule is CC/C=C\C/C=C\C/C=C\C/C=C\CCCCCCCCCCCCCCCCCCCCC(=O)OCC(COC(=O)CCCCCCC/C=C\CCC)OC(=O)CCCCCC/C=C\C/C=C\C/C=C\C/C=C\CC. The Morgan fingerprint density at radius 3 is 0.816 bits per heavy atom. The van der Waals surface area contributed by atoms with Crippen LogP contribution in [-0.2, 0) is 28.6 Å². The van der Waals surface area contributed by atoms with Crippen LogP contribution in [0.4, 0.5) is 0 Å². The van der Waals surface area contributed by atoms with Gasteiger partial charge >= 0.3 is 17.9 Å². The molecule has 1 unspecified atom stereocenters. The molecular weight excluding hydrogens is 937 g/mol. The van der Waals surface area contributed by atoms with Gasteiger partial charge in [0.1, 0.15) is 13.2 Å². The Bertz CT molecular complexity index is 1540. The van der Waals surface area contributed by atoms with Gasteiger partial charge in [-0.05, 0) is 116 Å². The molecule has 6 heteroatoms. The van der Waals surface area contributed by atoms with E-state index in [2.05, 4.69) is 130 Å². The number of ether oxygens (including phenoxy) is 3. The van der Waals surface area contributed by atoms with Crippen LogP contribution in [0.15, 0.2) is 109 Å². The first-order valence-corrected chi connectivity index (χ1v) is 31.9. The van der Waals surface area contributed by atoms with Gasteiger partial charge in [0.15, 0.2) is 6.10 Å². The summed E-state index contributed by atoms with van der Waals surface area (Å²) in [7, 11) is 0. The normalized spacial score (nSPS) is 12.8. The molecule has 0 aromatic heterocycles. The molecule has 434 valence electrons. The second-order valence-electron chi connectivity index (χ2n) is 20.9. The lowest BCUT2D eigenvalue weighted by atomic mass is 10.0. The number of rotatable bonds is 57. The number of allylic oxidation sites excluding steroid dienone is 18. The number of carbonyl (C=O) groups is 3. The smallest absolute Gasteiger partial charge is 0.306 e. The van der Waals surface area contributed by atoms with E-state index in [0.717, 1.165) is 141 Å². The Kier molecular flexibility index (Phi) is 60.3. The van der Waals surface area contributed by atoms with Gasteiger partial charge in [-0.15, -0.1) is 0 Å². The minimum Gasteiger partial charge on any atom is -0.462 e. The third-order valence-corrected chi connectivity index (χ3v) is 13.5. The van der Waals surface area contributed by atoms with E-state index in [1.54, 1.807) is 0 Å². The summed E-state index contributed by atoms with van der Waals surface area (Å²) in [6.07, 6.45) is 86.9. The molecule has 0 fully saturated rings. The summed E-state index contributed by atoms with van der Waals surface area (Å²) in [5, 5.41) is 0. The fourth-order valence-electron chi connectivity index (χ4n) is 8.78. The molecule has 0 saturated heterocycles. The van der Waals surface area contributed by atoms with Crippen molar-refractivity contribution < 1.29 is 28.6 Å². The van der Waals surface area contributed by atoms with Crippen molar-refractivity contribution in [1.29, 1.82) is 0 Å². The van der Waals surface area contributed by atoms with Gasteiger partial charge in [-0.3, -0.25) is 14.4 Å². The fourth-order valence-corrected chi connectivity index (χ4v) is 8.78. The zero-order valence-electron chi connectivity index (χ0n) is 49.7. The first-order chi connectivity index (χ1) is 37.5. The molecule has 0 N–H and O–H groups in total. The van der Waals surface area contributed by atoms with Gasteiger partial charge in [0, 0.05) is 19.3 Å². The Morgan fingerprint density at radius 1 is 0.276 bits per heavy atom. The lowest BCUT2D eigenvalue weighted by molar-refractivity contribution is -0.167. The maximum atomic E-state index is 12.9. The van der Waals surface area contributed by atoms with Gasteiger partial charge in [0.2, 0.25) is 0 Å². The second-order valence-corrected chi connectivity index (χ2v) is 20.9. The van der Waals surface area contributed by atoms with Crippen LogP contribution in [0.25, 0.3) is 0 Å². The molecule has 0 bridgehead atoms. The van der Waals surface area contributed by atoms with Crippen LogP contribution in [0, 0.1) is 0 Å². The molecular formula is C70H118O6. The summed E-state index contributed by atoms with van der Waals surface area (Å²) in [5.74, 6) is -0.918. The summed E-state index contributed by atoms with van der Waals surface area (Å²) in [6.45, 7) is 6.34. The minimum absolute atomic E-state index is 0.0892. The van der Waals surface area contributed by atoms with Crippen molar-refractivity contribution in [3.05, 3.63) is 109 Å². The number of carbonyl (C=O) groups excluding carboxylic acids is 3. The Morgan fingerprint density at radius 2 is 0.513 bits per heavy atom. The minimum atomic E-state index is -0.794. The van der Waals surface area contributed by atoms with Crippen LogP contribution in [0.5, 0.6) is 0 Å². The average molecular weight is 1060 g/mol. The van der Waals surface area contributed by atoms with E-state index < -0.39 is 6.10 Å². The van der Waals surface area contributed by atoms with Crippen molar-refractivity contribution in [2.75, 3.05) is 13.2 Å². The molecule has 76 heavy (non-hydrogen) atoms. The van der Waals surface area contributed by atoms with E-state index in [4.69, 9.17) is 14.2 Å². The molecule has 0 aliphatic heterocycles. The first kappa shape index (κ1) is 72.1. The zero-order valence-corrected chi connectivity index (χ0v) is 49.7. The molecule has 6 nitrogen and oxygen atoms in total. The van der Waals surface area contributed by atoms with E-state index in [-0.39, 0.29) is 31.1 Å². The van der Waals surface area contributed by atoms with Crippen LogP contribution in [0.2, 0.25) is 0 Å². The predicted octanol–water partition coefficient (Wildman–Crippen LogP) is 21.8. The van der Waals surface area contributed by atoms with Gasteiger partial charge < -0.3 is 14.2 Å². The molecule has 0 saturated carbocycles. The molecule has 1 atom stereocenters. The highest BCUT2D eigenvalue weighted by atomic mass is 16.6. The maximum Gasteiger partial charge on any atom is 0.306 e. The van der Waals surface area contributed by atoms with Crippen molar-refractivity contribution in [1.82, 2.24) is 0 Å². The van der Waals surface area contributed by atoms with Gasteiger partial charge in [-0.25, -0.2) is 0 Å². The van der Waals surface area contributed by atoms with Gasteiger partial charge in [-0.2, -0.15) is 0 Å². The van der Waals surface area contributed by atoms with Crippen LogP contribution < -0.4 is 0 Å². The summed E-state index contributed by atoms with van der Waals surface area (Å²) < 4.78 is 16.8. The van der Waals surface area contributed by atoms with Crippen LogP contribution in [0.3, 0.4) is 0 Å². The van der Waals surface area contributed by atoms with Gasteiger partial charge in [0.25, 0.3) is 0 Å². The van der Waals surface area contributed by atoms with E-state index in [1.807, 2.05) is 0 Å². The van der Waals surface area contributed by atoms with Crippen molar-refractivity contribution in [2.45, 2.75) is 303 Å². The molecule has 0 aliphatic carbocycles. The third-order valence-electron chi connectivity index (χ3n) is 13.5. The van der Waals surface area contributed by atoms with Crippen molar-refractivity contribution in [2.24, 2.45) is 0 Å². The molecule has 0 heterocycles. The molecule has 0 aromatic rings. The Hall–Kier alpha value is -3.93. The summed E-state index contributed by atoms with van der Waals surface area (Å²) in [4.78, 5) is 38.2. The lowest BCUT2D eigenvalue weighted by Crippen LogP contribution is -2.30. The molecule has 0 rings (SSSR count). The number of unbranched alkanes of at least 4 members (excludes halogenated alkanes) is 28. The molecule has 0 radical (unpaired) electrons. The van der Waals surface area contributed by atoms with Crippen molar-refractivity contribution in [3.8, 4) is 0 Å². The lowest BCUT2D eigenvalue weighted by Gasteiger charge is -2.18. The summed E-state index contributed by atoms with van der Waals surface area (Å²) in [5.41, 5.74) is 0. The van der Waals surface area contributed by atoms with Crippen molar-refractivity contribution in [3.63, 3.8) is 0 Å². The van der Waals surface area contributed by atoms with Crippen LogP contribution >= 0.6 is 0 Å².